The Hall–Kier alpha value is -3.55. The largest absolute Gasteiger partial charge is 0.328 e. The van der Waals surface area contributed by atoms with E-state index in [0.29, 0.717) is 18.4 Å². The molecule has 0 saturated heterocycles. The van der Waals surface area contributed by atoms with E-state index in [1.165, 1.54) is 19.3 Å². The summed E-state index contributed by atoms with van der Waals surface area (Å²) in [5.41, 5.74) is 5.01. The molecule has 3 aromatic heterocycles. The summed E-state index contributed by atoms with van der Waals surface area (Å²) in [5, 5.41) is 14.3. The number of aromatic amines is 1. The lowest BCUT2D eigenvalue weighted by molar-refractivity contribution is 0.344. The van der Waals surface area contributed by atoms with E-state index in [0.717, 1.165) is 60.2 Å². The van der Waals surface area contributed by atoms with Gasteiger partial charge in [0.1, 0.15) is 0 Å². The van der Waals surface area contributed by atoms with Crippen molar-refractivity contribution in [2.75, 3.05) is 0 Å². The van der Waals surface area contributed by atoms with Crippen LogP contribution in [0.5, 0.6) is 0 Å². The Morgan fingerprint density at radius 1 is 1.06 bits per heavy atom. The maximum absolute atomic E-state index is 13.4. The van der Waals surface area contributed by atoms with E-state index in [1.54, 1.807) is 0 Å². The van der Waals surface area contributed by atoms with Crippen LogP contribution >= 0.6 is 0 Å². The molecule has 34 heavy (non-hydrogen) atoms. The van der Waals surface area contributed by atoms with Gasteiger partial charge in [0.05, 0.1) is 12.2 Å². The maximum atomic E-state index is 13.4. The second-order valence-corrected chi connectivity index (χ2v) is 9.13. The van der Waals surface area contributed by atoms with Gasteiger partial charge in [-0.1, -0.05) is 62.9 Å². The molecule has 0 unspecified atom stereocenters. The minimum absolute atomic E-state index is 0.104. The van der Waals surface area contributed by atoms with Gasteiger partial charge in [0.2, 0.25) is 0 Å². The van der Waals surface area contributed by atoms with Gasteiger partial charge in [-0.05, 0) is 47.7 Å². The van der Waals surface area contributed by atoms with Crippen LogP contribution in [0, 0.1) is 0 Å². The zero-order valence-electron chi connectivity index (χ0n) is 19.7. The normalized spacial score (nSPS) is 14.5. The first kappa shape index (κ1) is 22.3. The standard InChI is InChI=1S/C26H31N7O/c1-2-3-9-22-18-33(21-10-5-4-6-11-21)26(34)32(22)17-20-15-14-19(16-27-20)23-12-7-8-13-24(23)25-28-30-31-29-25/h7-8,12-16,18,21H,2-6,9-11,17H2,1H3,(H,28,29,30,31). The fraction of sp³-hybridized carbons (Fsp3) is 0.423. The Morgan fingerprint density at radius 3 is 2.59 bits per heavy atom. The molecule has 8 nitrogen and oxygen atoms in total. The first-order valence-electron chi connectivity index (χ1n) is 12.3. The summed E-state index contributed by atoms with van der Waals surface area (Å²) < 4.78 is 3.93. The molecule has 176 valence electrons. The zero-order valence-corrected chi connectivity index (χ0v) is 19.7. The lowest BCUT2D eigenvalue weighted by atomic mass is 9.95. The molecule has 1 fully saturated rings. The molecule has 4 aromatic rings. The summed E-state index contributed by atoms with van der Waals surface area (Å²) in [6.45, 7) is 2.68. The minimum atomic E-state index is 0.104. The van der Waals surface area contributed by atoms with Gasteiger partial charge < -0.3 is 0 Å². The molecule has 0 amide bonds. The molecule has 1 aliphatic carbocycles. The predicted molar refractivity (Wildman–Crippen MR) is 131 cm³/mol. The fourth-order valence-electron chi connectivity index (χ4n) is 4.95. The van der Waals surface area contributed by atoms with Gasteiger partial charge in [-0.2, -0.15) is 0 Å². The van der Waals surface area contributed by atoms with E-state index in [9.17, 15) is 4.79 Å². The molecular formula is C26H31N7O. The number of unbranched alkanes of at least 4 members (excludes halogenated alkanes) is 1. The lowest BCUT2D eigenvalue weighted by Gasteiger charge is -2.22. The van der Waals surface area contributed by atoms with Crippen molar-refractivity contribution >= 4 is 0 Å². The summed E-state index contributed by atoms with van der Waals surface area (Å²) in [5.74, 6) is 0.621. The number of hydrogen-bond acceptors (Lipinski definition) is 5. The van der Waals surface area contributed by atoms with Gasteiger partial charge in [0, 0.05) is 35.3 Å². The second kappa shape index (κ2) is 10.2. The van der Waals surface area contributed by atoms with Crippen LogP contribution in [0.4, 0.5) is 0 Å². The van der Waals surface area contributed by atoms with Crippen molar-refractivity contribution in [1.29, 1.82) is 0 Å². The van der Waals surface area contributed by atoms with Gasteiger partial charge in [-0.15, -0.1) is 5.10 Å². The monoisotopic (exact) mass is 457 g/mol. The summed E-state index contributed by atoms with van der Waals surface area (Å²) in [7, 11) is 0. The summed E-state index contributed by atoms with van der Waals surface area (Å²) >= 11 is 0. The quantitative estimate of drug-likeness (QED) is 0.411. The molecule has 8 heteroatoms. The van der Waals surface area contributed by atoms with Crippen LogP contribution in [-0.4, -0.2) is 34.7 Å². The van der Waals surface area contributed by atoms with Crippen LogP contribution in [0.1, 0.15) is 69.3 Å². The van der Waals surface area contributed by atoms with Crippen LogP contribution in [0.2, 0.25) is 0 Å². The Bertz CT molecular complexity index is 1270. The number of pyridine rings is 1. The van der Waals surface area contributed by atoms with Crippen molar-refractivity contribution in [1.82, 2.24) is 34.7 Å². The molecule has 1 N–H and O–H groups in total. The number of rotatable bonds is 8. The van der Waals surface area contributed by atoms with E-state index >= 15 is 0 Å². The van der Waals surface area contributed by atoms with Crippen LogP contribution in [0.15, 0.2) is 53.6 Å². The highest BCUT2D eigenvalue weighted by Crippen LogP contribution is 2.30. The SMILES string of the molecule is CCCCc1cn(C2CCCCC2)c(=O)n1Cc1ccc(-c2ccccc2-c2nnn[nH]2)cn1. The third kappa shape index (κ3) is 4.58. The number of tetrazole rings is 1. The minimum Gasteiger partial charge on any atom is -0.296 e. The van der Waals surface area contributed by atoms with Gasteiger partial charge in [0.15, 0.2) is 5.82 Å². The number of nitrogens with zero attached hydrogens (tertiary/aromatic N) is 6. The maximum Gasteiger partial charge on any atom is 0.328 e. The van der Waals surface area contributed by atoms with Crippen LogP contribution in [0.3, 0.4) is 0 Å². The van der Waals surface area contributed by atoms with Crippen molar-refractivity contribution in [3.05, 3.63) is 70.7 Å². The number of aryl methyl sites for hydroxylation is 1. The highest BCUT2D eigenvalue weighted by atomic mass is 16.1. The third-order valence-electron chi connectivity index (χ3n) is 6.82. The van der Waals surface area contributed by atoms with Crippen LogP contribution in [0.25, 0.3) is 22.5 Å². The lowest BCUT2D eigenvalue weighted by Crippen LogP contribution is -2.29. The first-order chi connectivity index (χ1) is 16.7. The van der Waals surface area contributed by atoms with Crippen molar-refractivity contribution in [2.45, 2.75) is 70.9 Å². The average Bonchev–Trinajstić information content (AvgIpc) is 3.53. The topological polar surface area (TPSA) is 94.3 Å². The molecular weight excluding hydrogens is 426 g/mol. The van der Waals surface area contributed by atoms with E-state index in [-0.39, 0.29) is 5.69 Å². The van der Waals surface area contributed by atoms with Crippen molar-refractivity contribution in [3.63, 3.8) is 0 Å². The Labute approximate surface area is 199 Å². The smallest absolute Gasteiger partial charge is 0.296 e. The summed E-state index contributed by atoms with van der Waals surface area (Å²) in [4.78, 5) is 18.1. The summed E-state index contributed by atoms with van der Waals surface area (Å²) in [6, 6.07) is 12.4. The summed E-state index contributed by atoms with van der Waals surface area (Å²) in [6.07, 6.45) is 13.0. The van der Waals surface area contributed by atoms with Crippen molar-refractivity contribution < 1.29 is 0 Å². The zero-order chi connectivity index (χ0) is 23.3. The first-order valence-corrected chi connectivity index (χ1v) is 12.3. The molecule has 0 radical (unpaired) electrons. The number of H-pyrrole nitrogens is 1. The van der Waals surface area contributed by atoms with Crippen molar-refractivity contribution in [2.24, 2.45) is 0 Å². The highest BCUT2D eigenvalue weighted by molar-refractivity contribution is 5.79. The Balaban J connectivity index is 1.42. The molecule has 0 atom stereocenters. The van der Waals surface area contributed by atoms with E-state index < -0.39 is 0 Å². The van der Waals surface area contributed by atoms with Crippen molar-refractivity contribution in [3.8, 4) is 22.5 Å². The second-order valence-electron chi connectivity index (χ2n) is 9.13. The molecule has 3 heterocycles. The number of benzene rings is 1. The molecule has 1 aliphatic rings. The number of hydrogen-bond donors (Lipinski definition) is 1. The fourth-order valence-corrected chi connectivity index (χ4v) is 4.95. The average molecular weight is 458 g/mol. The molecule has 5 rings (SSSR count). The predicted octanol–water partition coefficient (Wildman–Crippen LogP) is 4.79. The molecule has 0 bridgehead atoms. The van der Waals surface area contributed by atoms with E-state index in [2.05, 4.69) is 39.8 Å². The highest BCUT2D eigenvalue weighted by Gasteiger charge is 2.21. The molecule has 0 spiro atoms. The van der Waals surface area contributed by atoms with Gasteiger partial charge in [-0.3, -0.25) is 14.1 Å². The van der Waals surface area contributed by atoms with Gasteiger partial charge in [0.25, 0.3) is 0 Å². The Morgan fingerprint density at radius 2 is 1.88 bits per heavy atom. The van der Waals surface area contributed by atoms with E-state index in [1.807, 2.05) is 45.7 Å². The van der Waals surface area contributed by atoms with Crippen LogP contribution in [-0.2, 0) is 13.0 Å². The Kier molecular flexibility index (Phi) is 6.65. The number of imidazole rings is 1. The molecule has 0 aliphatic heterocycles. The molecule has 1 aromatic carbocycles. The van der Waals surface area contributed by atoms with Gasteiger partial charge >= 0.3 is 5.69 Å². The van der Waals surface area contributed by atoms with E-state index in [4.69, 9.17) is 4.98 Å². The number of aromatic nitrogens is 7. The number of nitrogens with one attached hydrogen (secondary N) is 1. The molecule has 1 saturated carbocycles. The third-order valence-corrected chi connectivity index (χ3v) is 6.82. The van der Waals surface area contributed by atoms with Crippen LogP contribution < -0.4 is 5.69 Å². The van der Waals surface area contributed by atoms with Gasteiger partial charge in [-0.25, -0.2) is 9.89 Å².